The molecule has 1 aromatic carbocycles. The fourth-order valence-corrected chi connectivity index (χ4v) is 3.15. The second-order valence-electron chi connectivity index (χ2n) is 6.26. The van der Waals surface area contributed by atoms with Crippen molar-refractivity contribution in [3.8, 4) is 0 Å². The Kier molecular flexibility index (Phi) is 7.20. The third-order valence-corrected chi connectivity index (χ3v) is 4.66. The zero-order chi connectivity index (χ0) is 15.8. The van der Waals surface area contributed by atoms with Crippen LogP contribution in [0.5, 0.6) is 0 Å². The number of carbonyl (C=O) groups is 1. The van der Waals surface area contributed by atoms with Crippen molar-refractivity contribution < 1.29 is 4.79 Å². The molecule has 4 heteroatoms. The Morgan fingerprint density at radius 3 is 2.36 bits per heavy atom. The molecule has 1 aliphatic carbocycles. The highest BCUT2D eigenvalue weighted by molar-refractivity contribution is 6.30. The molecule has 0 heterocycles. The Bertz CT molecular complexity index is 453. The molecule has 0 bridgehead atoms. The number of rotatable bonds is 5. The summed E-state index contributed by atoms with van der Waals surface area (Å²) in [5.74, 6) is 0.0597. The van der Waals surface area contributed by atoms with Gasteiger partial charge in [0.1, 0.15) is 0 Å². The summed E-state index contributed by atoms with van der Waals surface area (Å²) < 4.78 is 0. The molecule has 2 rings (SSSR count). The predicted molar refractivity (Wildman–Crippen MR) is 92.1 cm³/mol. The van der Waals surface area contributed by atoms with Crippen molar-refractivity contribution in [3.63, 3.8) is 0 Å². The summed E-state index contributed by atoms with van der Waals surface area (Å²) in [6.45, 7) is 2.40. The van der Waals surface area contributed by atoms with Gasteiger partial charge in [0, 0.05) is 11.1 Å². The van der Waals surface area contributed by atoms with Crippen LogP contribution in [0.15, 0.2) is 24.3 Å². The van der Waals surface area contributed by atoms with E-state index < -0.39 is 0 Å². The lowest BCUT2D eigenvalue weighted by Gasteiger charge is -2.21. The zero-order valence-corrected chi connectivity index (χ0v) is 14.2. The van der Waals surface area contributed by atoms with E-state index in [-0.39, 0.29) is 11.9 Å². The second kappa shape index (κ2) is 9.16. The van der Waals surface area contributed by atoms with E-state index in [0.29, 0.717) is 17.6 Å². The smallest absolute Gasteiger partial charge is 0.234 e. The standard InChI is InChI=1S/C18H27ClN2O/c1-14(15-9-11-16(19)12-10-15)21-18(22)13-20-17-7-5-3-2-4-6-8-17/h9-12,14,17,20H,2-8,13H2,1H3,(H,21,22)/t14-/m0/s1. The predicted octanol–water partition coefficient (Wildman–Crippen LogP) is 4.22. The number of hydrogen-bond acceptors (Lipinski definition) is 2. The number of benzene rings is 1. The monoisotopic (exact) mass is 322 g/mol. The van der Waals surface area contributed by atoms with Crippen LogP contribution in [0.1, 0.15) is 63.5 Å². The van der Waals surface area contributed by atoms with Gasteiger partial charge in [-0.25, -0.2) is 0 Å². The fraction of sp³-hybridized carbons (Fsp3) is 0.611. The van der Waals surface area contributed by atoms with Crippen molar-refractivity contribution in [2.45, 2.75) is 64.0 Å². The maximum absolute atomic E-state index is 12.1. The molecule has 1 saturated carbocycles. The highest BCUT2D eigenvalue weighted by Crippen LogP contribution is 2.17. The lowest BCUT2D eigenvalue weighted by molar-refractivity contribution is -0.121. The average Bonchev–Trinajstić information content (AvgIpc) is 2.46. The maximum Gasteiger partial charge on any atom is 0.234 e. The summed E-state index contributed by atoms with van der Waals surface area (Å²) in [7, 11) is 0. The van der Waals surface area contributed by atoms with Crippen molar-refractivity contribution >= 4 is 17.5 Å². The van der Waals surface area contributed by atoms with Crippen LogP contribution in [0.4, 0.5) is 0 Å². The van der Waals surface area contributed by atoms with Crippen molar-refractivity contribution in [2.24, 2.45) is 0 Å². The molecule has 1 atom stereocenters. The number of hydrogen-bond donors (Lipinski definition) is 2. The summed E-state index contributed by atoms with van der Waals surface area (Å²) in [6, 6.07) is 8.12. The fourth-order valence-electron chi connectivity index (χ4n) is 3.02. The van der Waals surface area contributed by atoms with Gasteiger partial charge in [0.05, 0.1) is 12.6 Å². The van der Waals surface area contributed by atoms with Crippen LogP contribution in [0.2, 0.25) is 5.02 Å². The second-order valence-corrected chi connectivity index (χ2v) is 6.70. The van der Waals surface area contributed by atoms with Gasteiger partial charge < -0.3 is 10.6 Å². The van der Waals surface area contributed by atoms with E-state index in [1.54, 1.807) is 0 Å². The quantitative estimate of drug-likeness (QED) is 0.852. The van der Waals surface area contributed by atoms with Gasteiger partial charge >= 0.3 is 0 Å². The largest absolute Gasteiger partial charge is 0.348 e. The van der Waals surface area contributed by atoms with E-state index in [9.17, 15) is 4.79 Å². The molecule has 1 amide bonds. The van der Waals surface area contributed by atoms with Crippen LogP contribution >= 0.6 is 11.6 Å². The molecule has 122 valence electrons. The van der Waals surface area contributed by atoms with Crippen molar-refractivity contribution in [2.75, 3.05) is 6.54 Å². The number of nitrogens with one attached hydrogen (secondary N) is 2. The van der Waals surface area contributed by atoms with Gasteiger partial charge in [0.25, 0.3) is 0 Å². The first kappa shape index (κ1) is 17.3. The third kappa shape index (κ3) is 5.98. The molecule has 0 saturated heterocycles. The van der Waals surface area contributed by atoms with Crippen molar-refractivity contribution in [1.29, 1.82) is 0 Å². The molecular formula is C18H27ClN2O. The molecule has 3 nitrogen and oxygen atoms in total. The number of carbonyl (C=O) groups excluding carboxylic acids is 1. The van der Waals surface area contributed by atoms with Gasteiger partial charge in [-0.2, -0.15) is 0 Å². The van der Waals surface area contributed by atoms with E-state index in [1.807, 2.05) is 31.2 Å². The van der Waals surface area contributed by atoms with Crippen molar-refractivity contribution in [3.05, 3.63) is 34.9 Å². The molecule has 0 spiro atoms. The van der Waals surface area contributed by atoms with Gasteiger partial charge in [-0.3, -0.25) is 4.79 Å². The Labute approximate surface area is 138 Å². The summed E-state index contributed by atoms with van der Waals surface area (Å²) >= 11 is 5.89. The first-order valence-electron chi connectivity index (χ1n) is 8.43. The van der Waals surface area contributed by atoms with Crippen LogP contribution in [0, 0.1) is 0 Å². The SMILES string of the molecule is C[C@H](NC(=O)CNC1CCCCCCC1)c1ccc(Cl)cc1. The molecule has 1 aromatic rings. The van der Waals surface area contributed by atoms with E-state index in [1.165, 1.54) is 44.9 Å². The molecule has 0 aromatic heterocycles. The molecular weight excluding hydrogens is 296 g/mol. The van der Waals surface area contributed by atoms with Crippen LogP contribution in [-0.4, -0.2) is 18.5 Å². The van der Waals surface area contributed by atoms with Gasteiger partial charge in [-0.1, -0.05) is 55.8 Å². The molecule has 0 unspecified atom stereocenters. The summed E-state index contributed by atoms with van der Waals surface area (Å²) in [5.41, 5.74) is 1.07. The summed E-state index contributed by atoms with van der Waals surface area (Å²) in [6.07, 6.45) is 8.97. The first-order chi connectivity index (χ1) is 10.6. The first-order valence-corrected chi connectivity index (χ1v) is 8.81. The Morgan fingerprint density at radius 2 is 1.73 bits per heavy atom. The lowest BCUT2D eigenvalue weighted by Crippen LogP contribution is -2.40. The Morgan fingerprint density at radius 1 is 1.14 bits per heavy atom. The van der Waals surface area contributed by atoms with E-state index >= 15 is 0 Å². The molecule has 1 aliphatic rings. The van der Waals surface area contributed by atoms with Crippen LogP contribution in [-0.2, 0) is 4.79 Å². The van der Waals surface area contributed by atoms with E-state index in [4.69, 9.17) is 11.6 Å². The average molecular weight is 323 g/mol. The Hall–Kier alpha value is -1.06. The molecule has 22 heavy (non-hydrogen) atoms. The number of amides is 1. The highest BCUT2D eigenvalue weighted by Gasteiger charge is 2.14. The van der Waals surface area contributed by atoms with Gasteiger partial charge in [0.15, 0.2) is 0 Å². The zero-order valence-electron chi connectivity index (χ0n) is 13.4. The van der Waals surface area contributed by atoms with Crippen LogP contribution in [0.3, 0.4) is 0 Å². The van der Waals surface area contributed by atoms with E-state index in [0.717, 1.165) is 5.56 Å². The number of halogens is 1. The topological polar surface area (TPSA) is 41.1 Å². The minimum atomic E-state index is 0.00361. The van der Waals surface area contributed by atoms with Gasteiger partial charge in [-0.05, 0) is 37.5 Å². The minimum Gasteiger partial charge on any atom is -0.348 e. The molecule has 1 fully saturated rings. The van der Waals surface area contributed by atoms with Gasteiger partial charge in [0.2, 0.25) is 5.91 Å². The van der Waals surface area contributed by atoms with Crippen molar-refractivity contribution in [1.82, 2.24) is 10.6 Å². The third-order valence-electron chi connectivity index (χ3n) is 4.40. The van der Waals surface area contributed by atoms with Gasteiger partial charge in [-0.15, -0.1) is 0 Å². The van der Waals surface area contributed by atoms with Crippen LogP contribution < -0.4 is 10.6 Å². The normalized spacial score (nSPS) is 18.3. The summed E-state index contributed by atoms with van der Waals surface area (Å²) in [5, 5.41) is 7.18. The summed E-state index contributed by atoms with van der Waals surface area (Å²) in [4.78, 5) is 12.1. The molecule has 2 N–H and O–H groups in total. The maximum atomic E-state index is 12.1. The minimum absolute atomic E-state index is 0.00361. The van der Waals surface area contributed by atoms with E-state index in [2.05, 4.69) is 10.6 Å². The Balaban J connectivity index is 1.73. The molecule has 0 radical (unpaired) electrons. The lowest BCUT2D eigenvalue weighted by atomic mass is 9.97. The highest BCUT2D eigenvalue weighted by atomic mass is 35.5. The molecule has 0 aliphatic heterocycles. The van der Waals surface area contributed by atoms with Crippen LogP contribution in [0.25, 0.3) is 0 Å².